The Hall–Kier alpha value is -3.13. The predicted octanol–water partition coefficient (Wildman–Crippen LogP) is 5.25. The van der Waals surface area contributed by atoms with E-state index in [0.717, 1.165) is 47.3 Å². The van der Waals surface area contributed by atoms with Crippen molar-refractivity contribution >= 4 is 10.9 Å². The van der Waals surface area contributed by atoms with Crippen LogP contribution in [0.2, 0.25) is 0 Å². The Morgan fingerprint density at radius 3 is 2.85 bits per heavy atom. The number of ether oxygens (including phenoxy) is 2. The molecule has 3 aliphatic heterocycles. The molecular formula is C29H30N2O2. The van der Waals surface area contributed by atoms with E-state index in [2.05, 4.69) is 46.5 Å². The average molecular weight is 439 g/mol. The maximum atomic E-state index is 6.58. The number of hydrogen-bond acceptors (Lipinski definition) is 4. The van der Waals surface area contributed by atoms with Gasteiger partial charge in [0.1, 0.15) is 12.4 Å². The van der Waals surface area contributed by atoms with E-state index in [-0.39, 0.29) is 6.10 Å². The molecule has 0 spiro atoms. The van der Waals surface area contributed by atoms with Crippen molar-refractivity contribution in [2.45, 2.75) is 25.0 Å². The Bertz CT molecular complexity index is 1180. The molecule has 4 unspecified atom stereocenters. The summed E-state index contributed by atoms with van der Waals surface area (Å²) in [7, 11) is 1.70. The van der Waals surface area contributed by atoms with Crippen LogP contribution >= 0.6 is 0 Å². The van der Waals surface area contributed by atoms with E-state index in [4.69, 9.17) is 9.47 Å². The molecule has 3 aliphatic rings. The van der Waals surface area contributed by atoms with Gasteiger partial charge in [-0.2, -0.15) is 0 Å². The first kappa shape index (κ1) is 21.7. The Balaban J connectivity index is 1.48. The van der Waals surface area contributed by atoms with Crippen molar-refractivity contribution in [2.24, 2.45) is 11.8 Å². The monoisotopic (exact) mass is 438 g/mol. The van der Waals surface area contributed by atoms with Gasteiger partial charge in [0.15, 0.2) is 0 Å². The number of hydrogen-bond donors (Lipinski definition) is 0. The predicted molar refractivity (Wildman–Crippen MR) is 132 cm³/mol. The summed E-state index contributed by atoms with van der Waals surface area (Å²) in [6, 6.07) is 18.5. The minimum absolute atomic E-state index is 0.0822. The van der Waals surface area contributed by atoms with Crippen molar-refractivity contribution < 1.29 is 9.47 Å². The molecule has 6 rings (SSSR count). The molecule has 2 aromatic carbocycles. The van der Waals surface area contributed by atoms with Crippen LogP contribution in [0, 0.1) is 23.7 Å². The first-order valence-electron chi connectivity index (χ1n) is 11.7. The topological polar surface area (TPSA) is 34.6 Å². The molecule has 1 aromatic heterocycles. The summed E-state index contributed by atoms with van der Waals surface area (Å²) in [5.74, 6) is 8.52. The number of pyridine rings is 1. The third-order valence-corrected chi connectivity index (χ3v) is 7.13. The second kappa shape index (κ2) is 9.79. The largest absolute Gasteiger partial charge is 0.497 e. The van der Waals surface area contributed by atoms with Crippen molar-refractivity contribution in [3.05, 3.63) is 84.6 Å². The van der Waals surface area contributed by atoms with Gasteiger partial charge in [-0.25, -0.2) is 0 Å². The Morgan fingerprint density at radius 2 is 2.09 bits per heavy atom. The van der Waals surface area contributed by atoms with Gasteiger partial charge >= 0.3 is 0 Å². The van der Waals surface area contributed by atoms with E-state index in [0.29, 0.717) is 24.5 Å². The highest BCUT2D eigenvalue weighted by atomic mass is 16.5. The molecule has 0 amide bonds. The minimum Gasteiger partial charge on any atom is -0.497 e. The van der Waals surface area contributed by atoms with E-state index in [1.54, 1.807) is 7.11 Å². The zero-order valence-electron chi connectivity index (χ0n) is 19.1. The summed E-state index contributed by atoms with van der Waals surface area (Å²) < 4.78 is 12.1. The van der Waals surface area contributed by atoms with Crippen molar-refractivity contribution in [2.75, 3.05) is 26.8 Å². The Kier molecular flexibility index (Phi) is 6.44. The molecular weight excluding hydrogens is 408 g/mol. The summed E-state index contributed by atoms with van der Waals surface area (Å²) in [5.41, 5.74) is 3.12. The third-order valence-electron chi connectivity index (χ3n) is 7.13. The maximum Gasteiger partial charge on any atom is 0.119 e. The molecule has 5 atom stereocenters. The zero-order chi connectivity index (χ0) is 22.6. The fourth-order valence-electron chi connectivity index (χ4n) is 5.41. The van der Waals surface area contributed by atoms with Crippen LogP contribution in [-0.2, 0) is 4.74 Å². The fraction of sp³-hybridized carbons (Fsp3) is 0.345. The summed E-state index contributed by atoms with van der Waals surface area (Å²) in [6.45, 7) is 6.63. The number of methoxy groups -OCH3 is 1. The third kappa shape index (κ3) is 4.53. The van der Waals surface area contributed by atoms with Gasteiger partial charge in [0.2, 0.25) is 0 Å². The van der Waals surface area contributed by atoms with Crippen LogP contribution in [0.15, 0.2) is 73.4 Å². The Morgan fingerprint density at radius 1 is 1.21 bits per heavy atom. The van der Waals surface area contributed by atoms with E-state index >= 15 is 0 Å². The van der Waals surface area contributed by atoms with Gasteiger partial charge in [-0.05, 0) is 73.2 Å². The lowest BCUT2D eigenvalue weighted by Gasteiger charge is -2.51. The lowest BCUT2D eigenvalue weighted by molar-refractivity contribution is -0.0673. The lowest BCUT2D eigenvalue weighted by Crippen LogP contribution is -2.55. The molecule has 4 heterocycles. The number of rotatable bonds is 6. The van der Waals surface area contributed by atoms with Crippen LogP contribution in [-0.4, -0.2) is 42.7 Å². The molecule has 4 heteroatoms. The molecule has 0 saturated carbocycles. The quantitative estimate of drug-likeness (QED) is 0.389. The molecule has 4 nitrogen and oxygen atoms in total. The number of fused-ring (bicyclic) bond motifs is 4. The summed E-state index contributed by atoms with van der Waals surface area (Å²) >= 11 is 0. The molecule has 3 saturated heterocycles. The zero-order valence-corrected chi connectivity index (χ0v) is 19.1. The number of aromatic nitrogens is 1. The molecule has 33 heavy (non-hydrogen) atoms. The van der Waals surface area contributed by atoms with Gasteiger partial charge in [-0.3, -0.25) is 9.88 Å². The van der Waals surface area contributed by atoms with Gasteiger partial charge in [0, 0.05) is 29.7 Å². The van der Waals surface area contributed by atoms with Gasteiger partial charge in [0.05, 0.1) is 18.7 Å². The smallest absolute Gasteiger partial charge is 0.119 e. The van der Waals surface area contributed by atoms with E-state index < -0.39 is 0 Å². The van der Waals surface area contributed by atoms with Gasteiger partial charge in [0.25, 0.3) is 0 Å². The molecule has 2 bridgehead atoms. The van der Waals surface area contributed by atoms with Crippen LogP contribution in [0.5, 0.6) is 5.75 Å². The van der Waals surface area contributed by atoms with Crippen LogP contribution in [0.1, 0.15) is 30.1 Å². The molecule has 3 aromatic rings. The SMILES string of the molecule is C=CC1CN2CCC1CC2[C@@H](OCC#Cc1ccccc1)c1ccnc2ccc(OC)cc12. The molecule has 3 fully saturated rings. The van der Waals surface area contributed by atoms with Crippen molar-refractivity contribution in [3.8, 4) is 17.6 Å². The van der Waals surface area contributed by atoms with E-state index in [1.165, 1.54) is 6.42 Å². The highest BCUT2D eigenvalue weighted by Gasteiger charge is 2.43. The number of benzene rings is 2. The van der Waals surface area contributed by atoms with Crippen LogP contribution in [0.25, 0.3) is 10.9 Å². The van der Waals surface area contributed by atoms with Crippen molar-refractivity contribution in [1.29, 1.82) is 0 Å². The van der Waals surface area contributed by atoms with Gasteiger partial charge in [-0.1, -0.05) is 36.1 Å². The fourth-order valence-corrected chi connectivity index (χ4v) is 5.41. The molecule has 0 aliphatic carbocycles. The lowest BCUT2D eigenvalue weighted by atomic mass is 9.73. The second-order valence-corrected chi connectivity index (χ2v) is 8.93. The van der Waals surface area contributed by atoms with Crippen LogP contribution in [0.3, 0.4) is 0 Å². The first-order valence-corrected chi connectivity index (χ1v) is 11.7. The Labute approximate surface area is 196 Å². The van der Waals surface area contributed by atoms with Crippen LogP contribution in [0.4, 0.5) is 0 Å². The summed E-state index contributed by atoms with van der Waals surface area (Å²) in [6.07, 6.45) is 6.29. The normalized spacial score (nSPS) is 24.6. The molecule has 168 valence electrons. The van der Waals surface area contributed by atoms with Gasteiger partial charge in [-0.15, -0.1) is 6.58 Å². The summed E-state index contributed by atoms with van der Waals surface area (Å²) in [5, 5.41) is 1.08. The van der Waals surface area contributed by atoms with E-state index in [9.17, 15) is 0 Å². The minimum atomic E-state index is -0.0822. The van der Waals surface area contributed by atoms with Gasteiger partial charge < -0.3 is 9.47 Å². The first-order chi connectivity index (χ1) is 16.3. The summed E-state index contributed by atoms with van der Waals surface area (Å²) in [4.78, 5) is 7.18. The van der Waals surface area contributed by atoms with Crippen LogP contribution < -0.4 is 4.74 Å². The highest BCUT2D eigenvalue weighted by molar-refractivity contribution is 5.84. The molecule has 0 radical (unpaired) electrons. The molecule has 0 N–H and O–H groups in total. The maximum absolute atomic E-state index is 6.58. The standard InChI is InChI=1S/C29H30N2O2/c1-3-22-20-31-16-14-23(22)18-28(31)29(33-17-7-10-21-8-5-4-6-9-21)25-13-15-30-27-12-11-24(32-2)19-26(25)27/h3-6,8-9,11-13,15,19,22-23,28-29H,1,14,16-18,20H2,2H3/t22?,23?,28?,29-/m0/s1. The highest BCUT2D eigenvalue weighted by Crippen LogP contribution is 2.43. The second-order valence-electron chi connectivity index (χ2n) is 8.93. The average Bonchev–Trinajstić information content (AvgIpc) is 2.89. The number of piperidine rings is 3. The van der Waals surface area contributed by atoms with Crippen molar-refractivity contribution in [3.63, 3.8) is 0 Å². The van der Waals surface area contributed by atoms with Crippen molar-refractivity contribution in [1.82, 2.24) is 9.88 Å². The number of nitrogens with zero attached hydrogens (tertiary/aromatic N) is 2. The van der Waals surface area contributed by atoms with E-state index in [1.807, 2.05) is 48.7 Å².